The quantitative estimate of drug-likeness (QED) is 0.641. The molecule has 4 rings (SSSR count). The maximum absolute atomic E-state index is 15.0. The number of rotatable bonds is 5. The van der Waals surface area contributed by atoms with Crippen molar-refractivity contribution in [1.82, 2.24) is 9.29 Å². The molecular weight excluding hydrogens is 449 g/mol. The van der Waals surface area contributed by atoms with Gasteiger partial charge in [-0.15, -0.1) is 6.42 Å². The van der Waals surface area contributed by atoms with Gasteiger partial charge in [0.05, 0.1) is 6.20 Å². The third-order valence-corrected chi connectivity index (χ3v) is 8.21. The Kier molecular flexibility index (Phi) is 5.71. The van der Waals surface area contributed by atoms with E-state index in [-0.39, 0.29) is 29.5 Å². The fraction of sp³-hybridized carbons (Fsp3) is 0.318. The fourth-order valence-electron chi connectivity index (χ4n) is 4.30. The topological polar surface area (TPSA) is 127 Å². The average molecular weight is 472 g/mol. The number of terminal acetylenes is 1. The molecule has 3 N–H and O–H groups in total. The number of aliphatic imine (C=N–C) groups is 1. The molecular formula is C22H22FN5O4S. The predicted molar refractivity (Wildman–Crippen MR) is 121 cm³/mol. The number of nitrogens with one attached hydrogen (secondary N) is 1. The summed E-state index contributed by atoms with van der Waals surface area (Å²) in [7, 11) is -2.48. The van der Waals surface area contributed by atoms with Crippen molar-refractivity contribution in [3.63, 3.8) is 0 Å². The number of nitrogens with two attached hydrogens (primary N) is 1. The number of aromatic nitrogens is 1. The van der Waals surface area contributed by atoms with E-state index in [9.17, 15) is 17.6 Å². The van der Waals surface area contributed by atoms with Gasteiger partial charge >= 0.3 is 0 Å². The summed E-state index contributed by atoms with van der Waals surface area (Å²) in [5.41, 5.74) is 5.00. The molecule has 1 fully saturated rings. The third-order valence-electron chi connectivity index (χ3n) is 5.92. The van der Waals surface area contributed by atoms with E-state index in [4.69, 9.17) is 16.9 Å². The molecule has 1 saturated carbocycles. The Morgan fingerprint density at radius 3 is 2.91 bits per heavy atom. The van der Waals surface area contributed by atoms with Gasteiger partial charge in [-0.3, -0.25) is 4.79 Å². The van der Waals surface area contributed by atoms with E-state index in [0.717, 1.165) is 4.31 Å². The number of hydrogen-bond acceptors (Lipinski definition) is 7. The van der Waals surface area contributed by atoms with E-state index >= 15 is 0 Å². The van der Waals surface area contributed by atoms with Crippen LogP contribution in [-0.2, 0) is 15.6 Å². The van der Waals surface area contributed by atoms with Crippen LogP contribution < -0.4 is 15.8 Å². The molecule has 2 aromatic rings. The number of carbonyl (C=O) groups excluding carboxylic acids is 1. The first-order valence-corrected chi connectivity index (χ1v) is 11.7. The van der Waals surface area contributed by atoms with Gasteiger partial charge in [0, 0.05) is 18.3 Å². The zero-order valence-electron chi connectivity index (χ0n) is 17.8. The zero-order chi connectivity index (χ0) is 23.8. The maximum Gasteiger partial charge on any atom is 0.274 e. The number of sulfonamides is 1. The van der Waals surface area contributed by atoms with Crippen LogP contribution in [0.4, 0.5) is 10.1 Å². The van der Waals surface area contributed by atoms with Gasteiger partial charge in [-0.2, -0.15) is 0 Å². The normalized spacial score (nSPS) is 23.2. The van der Waals surface area contributed by atoms with Crippen LogP contribution in [0.3, 0.4) is 0 Å². The Bertz CT molecular complexity index is 1270. The molecule has 2 aliphatic rings. The second kappa shape index (κ2) is 8.37. The molecule has 1 aliphatic carbocycles. The molecule has 2 atom stereocenters. The van der Waals surface area contributed by atoms with Gasteiger partial charge in [0.1, 0.15) is 34.7 Å². The first-order chi connectivity index (χ1) is 15.7. The van der Waals surface area contributed by atoms with E-state index in [0.29, 0.717) is 25.0 Å². The van der Waals surface area contributed by atoms with Gasteiger partial charge in [-0.25, -0.2) is 27.1 Å². The van der Waals surface area contributed by atoms with Crippen molar-refractivity contribution < 1.29 is 22.3 Å². The second-order valence-corrected chi connectivity index (χ2v) is 9.95. The van der Waals surface area contributed by atoms with Crippen LogP contribution in [0.25, 0.3) is 0 Å². The molecule has 9 nitrogen and oxygen atoms in total. The Balaban J connectivity index is 1.65. The summed E-state index contributed by atoms with van der Waals surface area (Å²) in [6.45, 7) is 0.0762. The lowest BCUT2D eigenvalue weighted by molar-refractivity contribution is 0.102. The number of amides is 1. The van der Waals surface area contributed by atoms with Crippen LogP contribution in [-0.4, -0.2) is 48.5 Å². The van der Waals surface area contributed by atoms with Crippen molar-refractivity contribution in [2.75, 3.05) is 19.0 Å². The molecule has 1 aliphatic heterocycles. The molecule has 33 heavy (non-hydrogen) atoms. The number of nitrogens with zero attached hydrogens (tertiary/aromatic N) is 3. The second-order valence-electron chi connectivity index (χ2n) is 7.81. The van der Waals surface area contributed by atoms with Gasteiger partial charge in [0.2, 0.25) is 16.0 Å². The number of anilines is 1. The number of benzene rings is 1. The van der Waals surface area contributed by atoms with Gasteiger partial charge in [0.25, 0.3) is 5.91 Å². The lowest BCUT2D eigenvalue weighted by Gasteiger charge is -2.39. The summed E-state index contributed by atoms with van der Waals surface area (Å²) in [6.07, 6.45) is 7.70. The van der Waals surface area contributed by atoms with Crippen LogP contribution in [0.5, 0.6) is 5.75 Å². The number of ether oxygens (including phenoxy) is 1. The van der Waals surface area contributed by atoms with Crippen LogP contribution in [0, 0.1) is 18.2 Å². The number of pyridine rings is 1. The molecule has 0 spiro atoms. The minimum Gasteiger partial charge on any atom is -0.479 e. The average Bonchev–Trinajstić information content (AvgIpc) is 3.23. The lowest BCUT2D eigenvalue weighted by Crippen LogP contribution is -2.55. The Labute approximate surface area is 190 Å². The summed E-state index contributed by atoms with van der Waals surface area (Å²) in [5.74, 6) is 1.40. The maximum atomic E-state index is 15.0. The standard InChI is InChI=1S/C22H22FN5O4S/c1-3-11-32-15-7-9-18(25-13-15)20(29)26-14-6-8-17(23)16(12-14)22-10-4-5-19(22)33(30,31)28(2)21(24)27-22/h1,6-9,12-13,19H,4-5,10-11H2,2H3,(H2,24,27)(H,26,29)/t19-,22-/m1/s1. The highest BCUT2D eigenvalue weighted by atomic mass is 32.2. The van der Waals surface area contributed by atoms with Crippen molar-refractivity contribution in [3.8, 4) is 18.1 Å². The number of fused-ring (bicyclic) bond motifs is 1. The van der Waals surface area contributed by atoms with E-state index in [1.165, 1.54) is 37.5 Å². The first-order valence-electron chi connectivity index (χ1n) is 10.2. The largest absolute Gasteiger partial charge is 0.479 e. The van der Waals surface area contributed by atoms with Gasteiger partial charge in [-0.05, 0) is 49.6 Å². The number of carbonyl (C=O) groups is 1. The summed E-state index contributed by atoms with van der Waals surface area (Å²) < 4.78 is 47.1. The van der Waals surface area contributed by atoms with Crippen LogP contribution in [0.1, 0.15) is 35.3 Å². The third kappa shape index (κ3) is 3.87. The summed E-state index contributed by atoms with van der Waals surface area (Å²) in [6, 6.07) is 6.99. The summed E-state index contributed by atoms with van der Waals surface area (Å²) in [5, 5.41) is 1.72. The van der Waals surface area contributed by atoms with Crippen molar-refractivity contribution >= 4 is 27.6 Å². The van der Waals surface area contributed by atoms with E-state index in [2.05, 4.69) is 21.2 Å². The molecule has 1 aromatic carbocycles. The minimum atomic E-state index is -3.81. The van der Waals surface area contributed by atoms with E-state index < -0.39 is 32.5 Å². The Hall–Kier alpha value is -3.65. The van der Waals surface area contributed by atoms with Crippen LogP contribution >= 0.6 is 0 Å². The predicted octanol–water partition coefficient (Wildman–Crippen LogP) is 1.82. The van der Waals surface area contributed by atoms with Crippen LogP contribution in [0.2, 0.25) is 0 Å². The Morgan fingerprint density at radius 2 is 2.21 bits per heavy atom. The van der Waals surface area contributed by atoms with E-state index in [1.54, 1.807) is 6.07 Å². The molecule has 1 amide bonds. The Morgan fingerprint density at radius 1 is 1.42 bits per heavy atom. The highest BCUT2D eigenvalue weighted by Gasteiger charge is 2.56. The smallest absolute Gasteiger partial charge is 0.274 e. The van der Waals surface area contributed by atoms with Crippen molar-refractivity contribution in [3.05, 3.63) is 53.6 Å². The van der Waals surface area contributed by atoms with Gasteiger partial charge < -0.3 is 15.8 Å². The van der Waals surface area contributed by atoms with E-state index in [1.807, 2.05) is 0 Å². The highest BCUT2D eigenvalue weighted by Crippen LogP contribution is 2.49. The summed E-state index contributed by atoms with van der Waals surface area (Å²) in [4.78, 5) is 21.1. The van der Waals surface area contributed by atoms with Gasteiger partial charge in [-0.1, -0.05) is 5.92 Å². The van der Waals surface area contributed by atoms with Crippen molar-refractivity contribution in [2.24, 2.45) is 10.7 Å². The zero-order valence-corrected chi connectivity index (χ0v) is 18.6. The molecule has 0 bridgehead atoms. The molecule has 0 unspecified atom stereocenters. The molecule has 1 aromatic heterocycles. The lowest BCUT2D eigenvalue weighted by atomic mass is 9.87. The minimum absolute atomic E-state index is 0.0762. The number of hydrogen-bond donors (Lipinski definition) is 2. The highest BCUT2D eigenvalue weighted by molar-refractivity contribution is 7.90. The first kappa shape index (κ1) is 22.5. The fourth-order valence-corrected chi connectivity index (χ4v) is 6.24. The van der Waals surface area contributed by atoms with Crippen molar-refractivity contribution in [1.29, 1.82) is 0 Å². The molecule has 172 valence electrons. The monoisotopic (exact) mass is 471 g/mol. The van der Waals surface area contributed by atoms with Gasteiger partial charge in [0.15, 0.2) is 0 Å². The molecule has 0 radical (unpaired) electrons. The van der Waals surface area contributed by atoms with Crippen LogP contribution in [0.15, 0.2) is 41.5 Å². The number of halogens is 1. The molecule has 11 heteroatoms. The summed E-state index contributed by atoms with van der Waals surface area (Å²) >= 11 is 0. The molecule has 0 saturated heterocycles. The number of guanidine groups is 1. The SMILES string of the molecule is C#CCOc1ccc(C(=O)Nc2ccc(F)c([C@]34CCC[C@H]3S(=O)(=O)N(C)C(N)=N4)c2)nc1. The van der Waals surface area contributed by atoms with Crippen molar-refractivity contribution in [2.45, 2.75) is 30.1 Å². The molecule has 2 heterocycles.